The average Bonchev–Trinajstić information content (AvgIpc) is 2.47. The highest BCUT2D eigenvalue weighted by Crippen LogP contribution is 2.35. The molecule has 0 saturated heterocycles. The van der Waals surface area contributed by atoms with Gasteiger partial charge in [0.05, 0.1) is 13.2 Å². The van der Waals surface area contributed by atoms with Gasteiger partial charge in [-0.25, -0.2) is 0 Å². The molecule has 1 heterocycles. The van der Waals surface area contributed by atoms with Crippen LogP contribution in [0.2, 0.25) is 0 Å². The Morgan fingerprint density at radius 3 is 2.79 bits per heavy atom. The van der Waals surface area contributed by atoms with E-state index in [1.165, 1.54) is 19.3 Å². The normalized spacial score (nSPS) is 16.7. The first-order valence-corrected chi connectivity index (χ1v) is 5.13. The molecule has 1 aromatic rings. The summed E-state index contributed by atoms with van der Waals surface area (Å²) in [4.78, 5) is 0. The van der Waals surface area contributed by atoms with E-state index >= 15 is 0 Å². The quantitative estimate of drug-likeness (QED) is 0.775. The lowest BCUT2D eigenvalue weighted by atomic mass is 9.93. The summed E-state index contributed by atoms with van der Waals surface area (Å²) in [6, 6.07) is 1.13. The molecule has 0 unspecified atom stereocenters. The number of aromatic nitrogens is 3. The minimum absolute atomic E-state index is 0.427. The number of nitrogens with two attached hydrogens (primary N) is 1. The highest BCUT2D eigenvalue weighted by atomic mass is 16.5. The standard InChI is InChI=1S/C9H16N4O/c1-2-14-9-12-11-8(6-10)13(9)7-4-3-5-7/h7H,2-6,10H2,1H3. The van der Waals surface area contributed by atoms with E-state index in [2.05, 4.69) is 10.2 Å². The maximum atomic E-state index is 5.60. The van der Waals surface area contributed by atoms with Crippen molar-refractivity contribution in [3.63, 3.8) is 0 Å². The average molecular weight is 196 g/mol. The largest absolute Gasteiger partial charge is 0.464 e. The summed E-state index contributed by atoms with van der Waals surface area (Å²) >= 11 is 0. The summed E-state index contributed by atoms with van der Waals surface area (Å²) in [6.45, 7) is 2.99. The molecule has 1 aromatic heterocycles. The number of hydrogen-bond acceptors (Lipinski definition) is 4. The molecule has 1 aliphatic carbocycles. The molecule has 0 bridgehead atoms. The van der Waals surface area contributed by atoms with Crippen LogP contribution < -0.4 is 10.5 Å². The van der Waals surface area contributed by atoms with Crippen molar-refractivity contribution in [3.05, 3.63) is 5.82 Å². The minimum Gasteiger partial charge on any atom is -0.464 e. The van der Waals surface area contributed by atoms with Crippen LogP contribution in [0.5, 0.6) is 6.01 Å². The molecule has 0 radical (unpaired) electrons. The Bertz CT molecular complexity index is 306. The molecule has 0 atom stereocenters. The van der Waals surface area contributed by atoms with Crippen LogP contribution in [-0.2, 0) is 6.54 Å². The zero-order valence-electron chi connectivity index (χ0n) is 8.44. The SMILES string of the molecule is CCOc1nnc(CN)n1C1CCC1. The van der Waals surface area contributed by atoms with E-state index in [0.29, 0.717) is 25.2 Å². The van der Waals surface area contributed by atoms with Crippen molar-refractivity contribution < 1.29 is 4.74 Å². The van der Waals surface area contributed by atoms with Crippen LogP contribution >= 0.6 is 0 Å². The summed E-state index contributed by atoms with van der Waals surface area (Å²) in [7, 11) is 0. The number of rotatable bonds is 4. The Balaban J connectivity index is 2.25. The molecule has 5 nitrogen and oxygen atoms in total. The molecule has 14 heavy (non-hydrogen) atoms. The van der Waals surface area contributed by atoms with Crippen LogP contribution in [-0.4, -0.2) is 21.4 Å². The third-order valence-corrected chi connectivity index (χ3v) is 2.63. The molecular weight excluding hydrogens is 180 g/mol. The van der Waals surface area contributed by atoms with Gasteiger partial charge in [0.2, 0.25) is 0 Å². The number of hydrogen-bond donors (Lipinski definition) is 1. The predicted molar refractivity (Wildman–Crippen MR) is 52.0 cm³/mol. The molecule has 0 spiro atoms. The van der Waals surface area contributed by atoms with E-state index in [4.69, 9.17) is 10.5 Å². The van der Waals surface area contributed by atoms with Crippen molar-refractivity contribution in [2.45, 2.75) is 38.8 Å². The third kappa shape index (κ3) is 1.48. The van der Waals surface area contributed by atoms with Gasteiger partial charge in [0.15, 0.2) is 0 Å². The van der Waals surface area contributed by atoms with Crippen LogP contribution in [0.1, 0.15) is 38.1 Å². The van der Waals surface area contributed by atoms with Gasteiger partial charge in [0.25, 0.3) is 0 Å². The zero-order chi connectivity index (χ0) is 9.97. The first-order valence-electron chi connectivity index (χ1n) is 5.13. The van der Waals surface area contributed by atoms with Crippen molar-refractivity contribution >= 4 is 0 Å². The predicted octanol–water partition coefficient (Wildman–Crippen LogP) is 0.860. The van der Waals surface area contributed by atoms with Crippen molar-refractivity contribution in [2.75, 3.05) is 6.61 Å². The Morgan fingerprint density at radius 1 is 1.50 bits per heavy atom. The van der Waals surface area contributed by atoms with Gasteiger partial charge < -0.3 is 10.5 Å². The molecule has 0 aromatic carbocycles. The number of ether oxygens (including phenoxy) is 1. The Kier molecular flexibility index (Phi) is 2.67. The molecule has 1 aliphatic rings. The smallest absolute Gasteiger partial charge is 0.317 e. The van der Waals surface area contributed by atoms with E-state index in [1.54, 1.807) is 0 Å². The molecule has 1 saturated carbocycles. The summed E-state index contributed by atoms with van der Waals surface area (Å²) in [6.07, 6.45) is 3.65. The molecule has 1 fully saturated rings. The molecule has 2 N–H and O–H groups in total. The van der Waals surface area contributed by atoms with Gasteiger partial charge in [-0.05, 0) is 26.2 Å². The second-order valence-corrected chi connectivity index (χ2v) is 3.49. The van der Waals surface area contributed by atoms with E-state index in [1.807, 2.05) is 11.5 Å². The maximum absolute atomic E-state index is 5.60. The molecule has 0 aliphatic heterocycles. The fraction of sp³-hybridized carbons (Fsp3) is 0.778. The lowest BCUT2D eigenvalue weighted by molar-refractivity contribution is 0.239. The van der Waals surface area contributed by atoms with Crippen molar-refractivity contribution in [2.24, 2.45) is 5.73 Å². The first kappa shape index (κ1) is 9.45. The summed E-state index contributed by atoms with van der Waals surface area (Å²) in [5, 5.41) is 8.01. The molecule has 2 rings (SSSR count). The summed E-state index contributed by atoms with van der Waals surface area (Å²) in [5.74, 6) is 0.832. The second kappa shape index (κ2) is 3.96. The van der Waals surface area contributed by atoms with Gasteiger partial charge in [0.1, 0.15) is 5.82 Å². The molecule has 0 amide bonds. The fourth-order valence-electron chi connectivity index (χ4n) is 1.69. The molecular formula is C9H16N4O. The lowest BCUT2D eigenvalue weighted by Gasteiger charge is -2.28. The van der Waals surface area contributed by atoms with Crippen LogP contribution in [0.25, 0.3) is 0 Å². The van der Waals surface area contributed by atoms with Gasteiger partial charge >= 0.3 is 6.01 Å². The Hall–Kier alpha value is -1.10. The van der Waals surface area contributed by atoms with E-state index in [9.17, 15) is 0 Å². The Labute approximate surface area is 83.3 Å². The van der Waals surface area contributed by atoms with E-state index in [0.717, 1.165) is 5.82 Å². The van der Waals surface area contributed by atoms with E-state index in [-0.39, 0.29) is 0 Å². The minimum atomic E-state index is 0.427. The lowest BCUT2D eigenvalue weighted by Crippen LogP contribution is -2.21. The maximum Gasteiger partial charge on any atom is 0.317 e. The van der Waals surface area contributed by atoms with Crippen molar-refractivity contribution in [1.82, 2.24) is 14.8 Å². The molecule has 5 heteroatoms. The number of nitrogens with zero attached hydrogens (tertiary/aromatic N) is 3. The highest BCUT2D eigenvalue weighted by Gasteiger charge is 2.25. The van der Waals surface area contributed by atoms with Gasteiger partial charge in [-0.1, -0.05) is 5.10 Å². The van der Waals surface area contributed by atoms with Gasteiger partial charge in [-0.3, -0.25) is 4.57 Å². The molecule has 78 valence electrons. The van der Waals surface area contributed by atoms with Crippen molar-refractivity contribution in [3.8, 4) is 6.01 Å². The van der Waals surface area contributed by atoms with Crippen LogP contribution in [0.3, 0.4) is 0 Å². The first-order chi connectivity index (χ1) is 6.86. The zero-order valence-corrected chi connectivity index (χ0v) is 8.44. The second-order valence-electron chi connectivity index (χ2n) is 3.49. The summed E-state index contributed by atoms with van der Waals surface area (Å²) in [5.41, 5.74) is 5.60. The van der Waals surface area contributed by atoms with Gasteiger partial charge in [-0.2, -0.15) is 0 Å². The fourth-order valence-corrected chi connectivity index (χ4v) is 1.69. The topological polar surface area (TPSA) is 66.0 Å². The Morgan fingerprint density at radius 2 is 2.29 bits per heavy atom. The summed E-state index contributed by atoms with van der Waals surface area (Å²) < 4.78 is 7.46. The monoisotopic (exact) mass is 196 g/mol. The van der Waals surface area contributed by atoms with Crippen LogP contribution in [0, 0.1) is 0 Å². The van der Waals surface area contributed by atoms with Gasteiger partial charge in [-0.15, -0.1) is 5.10 Å². The highest BCUT2D eigenvalue weighted by molar-refractivity contribution is 5.05. The van der Waals surface area contributed by atoms with Gasteiger partial charge in [0, 0.05) is 6.04 Å². The van der Waals surface area contributed by atoms with Crippen LogP contribution in [0.15, 0.2) is 0 Å². The third-order valence-electron chi connectivity index (χ3n) is 2.63. The van der Waals surface area contributed by atoms with Crippen molar-refractivity contribution in [1.29, 1.82) is 0 Å². The van der Waals surface area contributed by atoms with Crippen LogP contribution in [0.4, 0.5) is 0 Å². The van der Waals surface area contributed by atoms with E-state index < -0.39 is 0 Å².